The van der Waals surface area contributed by atoms with Crippen molar-refractivity contribution in [1.82, 2.24) is 5.43 Å². The predicted octanol–water partition coefficient (Wildman–Crippen LogP) is 0.750. The van der Waals surface area contributed by atoms with Crippen molar-refractivity contribution in [3.63, 3.8) is 0 Å². The largest absolute Gasteiger partial charge is 0.463 e. The fourth-order valence-electron chi connectivity index (χ4n) is 0.663. The van der Waals surface area contributed by atoms with Crippen LogP contribution >= 0.6 is 0 Å². The van der Waals surface area contributed by atoms with E-state index >= 15 is 0 Å². The van der Waals surface area contributed by atoms with Gasteiger partial charge < -0.3 is 4.42 Å². The maximum absolute atomic E-state index is 9.83. The molecule has 1 aromatic heterocycles. The zero-order chi connectivity index (χ0) is 8.10. The van der Waals surface area contributed by atoms with Gasteiger partial charge in [-0.3, -0.25) is 4.79 Å². The number of amides is 1. The van der Waals surface area contributed by atoms with E-state index in [1.807, 2.05) is 0 Å². The van der Waals surface area contributed by atoms with Gasteiger partial charge in [-0.15, -0.1) is 0 Å². The lowest BCUT2D eigenvalue weighted by molar-refractivity contribution is -0.109. The summed E-state index contributed by atoms with van der Waals surface area (Å²) in [5.74, 6) is 0.652. The molecule has 1 amide bonds. The maximum Gasteiger partial charge on any atom is 0.227 e. The Morgan fingerprint density at radius 3 is 3.18 bits per heavy atom. The van der Waals surface area contributed by atoms with Crippen LogP contribution in [-0.4, -0.2) is 12.1 Å². The third-order valence-electron chi connectivity index (χ3n) is 1.16. The number of carbonyl (C=O) groups is 1. The molecule has 1 heterocycles. The molecule has 0 fully saturated rings. The fourth-order valence-corrected chi connectivity index (χ4v) is 0.663. The molecule has 0 saturated carbocycles. The summed E-state index contributed by atoms with van der Waals surface area (Å²) in [5.41, 5.74) is 2.82. The van der Waals surface area contributed by atoms with Gasteiger partial charge in [-0.05, 0) is 19.1 Å². The molecule has 0 aliphatic carbocycles. The van der Waals surface area contributed by atoms with E-state index in [0.29, 0.717) is 17.9 Å². The minimum absolute atomic E-state index is 0.506. The van der Waals surface area contributed by atoms with E-state index in [1.165, 1.54) is 0 Å². The van der Waals surface area contributed by atoms with Gasteiger partial charge in [0.1, 0.15) is 11.5 Å². The number of hydrogen-bond acceptors (Lipinski definition) is 3. The van der Waals surface area contributed by atoms with E-state index in [1.54, 1.807) is 25.3 Å². The van der Waals surface area contributed by atoms with Crippen LogP contribution in [-0.2, 0) is 4.79 Å². The average Bonchev–Trinajstić information content (AvgIpc) is 2.52. The number of rotatable bonds is 3. The van der Waals surface area contributed by atoms with Crippen LogP contribution in [0.2, 0.25) is 0 Å². The molecule has 4 nitrogen and oxygen atoms in total. The summed E-state index contributed by atoms with van der Waals surface area (Å²) in [6, 6.07) is 3.53. The number of nitrogens with zero attached hydrogens (tertiary/aromatic N) is 1. The van der Waals surface area contributed by atoms with Crippen molar-refractivity contribution >= 4 is 12.1 Å². The summed E-state index contributed by atoms with van der Waals surface area (Å²) in [5, 5.41) is 3.69. The summed E-state index contributed by atoms with van der Waals surface area (Å²) in [7, 11) is 0. The topological polar surface area (TPSA) is 54.6 Å². The Bertz CT molecular complexity index is 251. The van der Waals surface area contributed by atoms with Gasteiger partial charge in [-0.25, -0.2) is 5.43 Å². The summed E-state index contributed by atoms with van der Waals surface area (Å²) in [6.45, 7) is 1.75. The monoisotopic (exact) mass is 152 g/mol. The third-order valence-corrected chi connectivity index (χ3v) is 1.16. The minimum Gasteiger partial charge on any atom is -0.463 e. The number of furan rings is 1. The van der Waals surface area contributed by atoms with Crippen molar-refractivity contribution in [3.05, 3.63) is 24.2 Å². The number of hydrazone groups is 1. The Morgan fingerprint density at radius 1 is 1.82 bits per heavy atom. The van der Waals surface area contributed by atoms with Crippen LogP contribution in [0.25, 0.3) is 0 Å². The Hall–Kier alpha value is -1.58. The zero-order valence-electron chi connectivity index (χ0n) is 6.07. The smallest absolute Gasteiger partial charge is 0.227 e. The lowest BCUT2D eigenvalue weighted by Crippen LogP contribution is -2.05. The van der Waals surface area contributed by atoms with Crippen LogP contribution in [0.15, 0.2) is 27.9 Å². The van der Waals surface area contributed by atoms with Crippen LogP contribution in [0, 0.1) is 0 Å². The molecule has 0 unspecified atom stereocenters. The maximum atomic E-state index is 9.83. The van der Waals surface area contributed by atoms with Crippen LogP contribution < -0.4 is 5.43 Å². The molecule has 0 aromatic carbocycles. The van der Waals surface area contributed by atoms with Crippen LogP contribution in [0.4, 0.5) is 0 Å². The molecular weight excluding hydrogens is 144 g/mol. The first-order valence-electron chi connectivity index (χ1n) is 3.12. The quantitative estimate of drug-likeness (QED) is 0.394. The first kappa shape index (κ1) is 7.53. The van der Waals surface area contributed by atoms with Gasteiger partial charge in [0.05, 0.1) is 6.26 Å². The molecule has 58 valence electrons. The van der Waals surface area contributed by atoms with Crippen molar-refractivity contribution < 1.29 is 9.21 Å². The second-order valence-electron chi connectivity index (χ2n) is 1.92. The van der Waals surface area contributed by atoms with Crippen molar-refractivity contribution in [2.24, 2.45) is 5.10 Å². The van der Waals surface area contributed by atoms with E-state index in [9.17, 15) is 4.79 Å². The SMILES string of the molecule is CC(=NNC=O)c1ccco1. The van der Waals surface area contributed by atoms with Gasteiger partial charge in [0.25, 0.3) is 0 Å². The molecule has 4 heteroatoms. The van der Waals surface area contributed by atoms with E-state index in [4.69, 9.17) is 4.42 Å². The highest BCUT2D eigenvalue weighted by Crippen LogP contribution is 2.00. The van der Waals surface area contributed by atoms with E-state index in [0.717, 1.165) is 0 Å². The Kier molecular flexibility index (Phi) is 2.43. The summed E-state index contributed by atoms with van der Waals surface area (Å²) >= 11 is 0. The molecule has 0 radical (unpaired) electrons. The normalized spacial score (nSPS) is 11.2. The molecule has 0 aliphatic rings. The molecular formula is C7H8N2O2. The van der Waals surface area contributed by atoms with E-state index in [2.05, 4.69) is 10.5 Å². The van der Waals surface area contributed by atoms with Gasteiger partial charge in [-0.2, -0.15) is 5.10 Å². The van der Waals surface area contributed by atoms with E-state index < -0.39 is 0 Å². The number of nitrogens with one attached hydrogen (secondary N) is 1. The fraction of sp³-hybridized carbons (Fsp3) is 0.143. The lowest BCUT2D eigenvalue weighted by Gasteiger charge is -1.91. The Morgan fingerprint density at radius 2 is 2.64 bits per heavy atom. The highest BCUT2D eigenvalue weighted by Gasteiger charge is 1.97. The molecule has 0 spiro atoms. The molecule has 0 atom stereocenters. The summed E-state index contributed by atoms with van der Waals surface area (Å²) in [4.78, 5) is 9.83. The van der Waals surface area contributed by atoms with Gasteiger partial charge in [0.2, 0.25) is 6.41 Å². The number of hydrogen-bond donors (Lipinski definition) is 1. The van der Waals surface area contributed by atoms with Crippen molar-refractivity contribution in [3.8, 4) is 0 Å². The lowest BCUT2D eigenvalue weighted by atomic mass is 10.3. The highest BCUT2D eigenvalue weighted by atomic mass is 16.3. The zero-order valence-corrected chi connectivity index (χ0v) is 6.07. The Labute approximate surface area is 63.9 Å². The second kappa shape index (κ2) is 3.55. The van der Waals surface area contributed by atoms with Gasteiger partial charge in [-0.1, -0.05) is 0 Å². The molecule has 1 rings (SSSR count). The summed E-state index contributed by atoms with van der Waals surface area (Å²) in [6.07, 6.45) is 2.06. The Balaban J connectivity index is 2.68. The molecule has 0 saturated heterocycles. The van der Waals surface area contributed by atoms with Crippen LogP contribution in [0.3, 0.4) is 0 Å². The first-order chi connectivity index (χ1) is 5.34. The molecule has 1 N–H and O–H groups in total. The standard InChI is InChI=1S/C7H8N2O2/c1-6(9-8-5-10)7-3-2-4-11-7/h2-5H,1H3,(H,8,10). The molecule has 0 bridgehead atoms. The average molecular weight is 152 g/mol. The summed E-state index contributed by atoms with van der Waals surface area (Å²) < 4.78 is 5.01. The van der Waals surface area contributed by atoms with Crippen molar-refractivity contribution in [1.29, 1.82) is 0 Å². The third kappa shape index (κ3) is 1.93. The number of carbonyl (C=O) groups excluding carboxylic acids is 1. The van der Waals surface area contributed by atoms with Crippen LogP contribution in [0.5, 0.6) is 0 Å². The van der Waals surface area contributed by atoms with Crippen molar-refractivity contribution in [2.45, 2.75) is 6.92 Å². The predicted molar refractivity (Wildman–Crippen MR) is 40.1 cm³/mol. The second-order valence-corrected chi connectivity index (χ2v) is 1.92. The molecule has 0 aliphatic heterocycles. The highest BCUT2D eigenvalue weighted by molar-refractivity contribution is 5.96. The van der Waals surface area contributed by atoms with Crippen molar-refractivity contribution in [2.75, 3.05) is 0 Å². The molecule has 1 aromatic rings. The minimum atomic E-state index is 0.506. The van der Waals surface area contributed by atoms with Gasteiger partial charge in [0, 0.05) is 0 Å². The first-order valence-corrected chi connectivity index (χ1v) is 3.12. The van der Waals surface area contributed by atoms with Gasteiger partial charge >= 0.3 is 0 Å². The molecule has 11 heavy (non-hydrogen) atoms. The van der Waals surface area contributed by atoms with Gasteiger partial charge in [0.15, 0.2) is 0 Å². The van der Waals surface area contributed by atoms with Crippen LogP contribution in [0.1, 0.15) is 12.7 Å². The van der Waals surface area contributed by atoms with E-state index in [-0.39, 0.29) is 0 Å².